The Hall–Kier alpha value is -1.29. The van der Waals surface area contributed by atoms with Crippen molar-refractivity contribution in [2.45, 2.75) is 39.7 Å². The van der Waals surface area contributed by atoms with Crippen molar-refractivity contribution < 1.29 is 9.18 Å². The number of hydrogen-bond donors (Lipinski definition) is 0. The van der Waals surface area contributed by atoms with Crippen molar-refractivity contribution in [3.05, 3.63) is 29.8 Å². The monoisotopic (exact) mass is 266 g/mol. The summed E-state index contributed by atoms with van der Waals surface area (Å²) in [6, 6.07) is 2.71. The van der Waals surface area contributed by atoms with Gasteiger partial charge in [0.05, 0.1) is 6.20 Å². The van der Waals surface area contributed by atoms with Crippen molar-refractivity contribution in [2.24, 2.45) is 5.92 Å². The van der Waals surface area contributed by atoms with Crippen LogP contribution in [0, 0.1) is 11.7 Å². The van der Waals surface area contributed by atoms with Crippen LogP contribution in [-0.4, -0.2) is 34.8 Å². The van der Waals surface area contributed by atoms with Gasteiger partial charge in [0.2, 0.25) is 0 Å². The van der Waals surface area contributed by atoms with E-state index in [1.165, 1.54) is 12.1 Å². The number of hydrogen-bond acceptors (Lipinski definition) is 3. The van der Waals surface area contributed by atoms with Gasteiger partial charge in [0.15, 0.2) is 5.78 Å². The van der Waals surface area contributed by atoms with E-state index in [9.17, 15) is 9.18 Å². The lowest BCUT2D eigenvalue weighted by Gasteiger charge is -2.36. The standard InChI is InChI=1S/C15H23FN2O/c1-6-15(3,4)18(5)10-11(2)14(19)13-8-7-12(16)9-17-13/h7-9,11H,6,10H2,1-5H3. The summed E-state index contributed by atoms with van der Waals surface area (Å²) in [5.41, 5.74) is 0.390. The molecule has 1 heterocycles. The molecule has 0 fully saturated rings. The Labute approximate surface area is 114 Å². The van der Waals surface area contributed by atoms with E-state index < -0.39 is 5.82 Å². The van der Waals surface area contributed by atoms with E-state index in [1.807, 2.05) is 14.0 Å². The fourth-order valence-electron chi connectivity index (χ4n) is 1.78. The fraction of sp³-hybridized carbons (Fsp3) is 0.600. The number of nitrogens with zero attached hydrogens (tertiary/aromatic N) is 2. The smallest absolute Gasteiger partial charge is 0.185 e. The second-order valence-electron chi connectivity index (χ2n) is 5.67. The van der Waals surface area contributed by atoms with Crippen molar-refractivity contribution >= 4 is 5.78 Å². The molecule has 0 amide bonds. The second-order valence-corrected chi connectivity index (χ2v) is 5.67. The van der Waals surface area contributed by atoms with Gasteiger partial charge < -0.3 is 4.90 Å². The Kier molecular flexibility index (Phi) is 5.18. The van der Waals surface area contributed by atoms with Gasteiger partial charge in [-0.25, -0.2) is 4.39 Å². The highest BCUT2D eigenvalue weighted by molar-refractivity contribution is 5.95. The van der Waals surface area contributed by atoms with Crippen LogP contribution in [0.4, 0.5) is 4.39 Å². The van der Waals surface area contributed by atoms with Crippen LogP contribution in [0.2, 0.25) is 0 Å². The molecule has 0 N–H and O–H groups in total. The third-order valence-corrected chi connectivity index (χ3v) is 3.87. The minimum absolute atomic E-state index is 0.0428. The zero-order chi connectivity index (χ0) is 14.6. The summed E-state index contributed by atoms with van der Waals surface area (Å²) in [6.07, 6.45) is 2.10. The van der Waals surface area contributed by atoms with Crippen LogP contribution in [0.5, 0.6) is 0 Å². The van der Waals surface area contributed by atoms with Crippen LogP contribution in [0.15, 0.2) is 18.3 Å². The van der Waals surface area contributed by atoms with E-state index in [4.69, 9.17) is 0 Å². The molecule has 0 spiro atoms. The highest BCUT2D eigenvalue weighted by Gasteiger charge is 2.25. The first kappa shape index (κ1) is 15.8. The first-order valence-corrected chi connectivity index (χ1v) is 6.65. The van der Waals surface area contributed by atoms with Gasteiger partial charge in [-0.1, -0.05) is 13.8 Å². The average molecular weight is 266 g/mol. The summed E-state index contributed by atoms with van der Waals surface area (Å²) in [7, 11) is 2.02. The van der Waals surface area contributed by atoms with Gasteiger partial charge in [-0.2, -0.15) is 0 Å². The highest BCUT2D eigenvalue weighted by atomic mass is 19.1. The molecule has 0 bridgehead atoms. The molecular weight excluding hydrogens is 243 g/mol. The molecule has 0 aliphatic carbocycles. The molecule has 19 heavy (non-hydrogen) atoms. The van der Waals surface area contributed by atoms with E-state index in [0.717, 1.165) is 12.6 Å². The van der Waals surface area contributed by atoms with Gasteiger partial charge in [0.1, 0.15) is 11.5 Å². The van der Waals surface area contributed by atoms with Crippen molar-refractivity contribution in [3.8, 4) is 0 Å². The lowest BCUT2D eigenvalue weighted by Crippen LogP contribution is -2.43. The van der Waals surface area contributed by atoms with Crippen molar-refractivity contribution in [1.29, 1.82) is 0 Å². The molecule has 1 aromatic heterocycles. The van der Waals surface area contributed by atoms with E-state index in [2.05, 4.69) is 30.7 Å². The molecule has 106 valence electrons. The molecule has 0 aromatic carbocycles. The molecule has 1 unspecified atom stereocenters. The highest BCUT2D eigenvalue weighted by Crippen LogP contribution is 2.19. The molecule has 1 atom stereocenters. The SMILES string of the molecule is CCC(C)(C)N(C)CC(C)C(=O)c1ccc(F)cn1. The summed E-state index contributed by atoms with van der Waals surface area (Å²) >= 11 is 0. The molecule has 0 radical (unpaired) electrons. The number of rotatable bonds is 6. The Morgan fingerprint density at radius 2 is 2.11 bits per heavy atom. The minimum atomic E-state index is -0.423. The zero-order valence-corrected chi connectivity index (χ0v) is 12.4. The van der Waals surface area contributed by atoms with Gasteiger partial charge in [0.25, 0.3) is 0 Å². The molecule has 0 aliphatic rings. The average Bonchev–Trinajstić information content (AvgIpc) is 2.38. The number of Topliss-reactive ketones (excluding diaryl/α,β-unsaturated/α-hetero) is 1. The van der Waals surface area contributed by atoms with Gasteiger partial charge in [-0.15, -0.1) is 0 Å². The number of halogens is 1. The number of carbonyl (C=O) groups is 1. The Bertz CT molecular complexity index is 428. The second kappa shape index (κ2) is 6.24. The topological polar surface area (TPSA) is 33.2 Å². The first-order valence-electron chi connectivity index (χ1n) is 6.65. The van der Waals surface area contributed by atoms with Crippen molar-refractivity contribution in [2.75, 3.05) is 13.6 Å². The van der Waals surface area contributed by atoms with Crippen LogP contribution in [-0.2, 0) is 0 Å². The lowest BCUT2D eigenvalue weighted by atomic mass is 9.96. The minimum Gasteiger partial charge on any atom is -0.301 e. The molecule has 4 heteroatoms. The van der Waals surface area contributed by atoms with Gasteiger partial charge >= 0.3 is 0 Å². The number of aromatic nitrogens is 1. The Morgan fingerprint density at radius 1 is 1.47 bits per heavy atom. The number of carbonyl (C=O) groups excluding carboxylic acids is 1. The van der Waals surface area contributed by atoms with Crippen molar-refractivity contribution in [3.63, 3.8) is 0 Å². The maximum Gasteiger partial charge on any atom is 0.185 e. The number of pyridine rings is 1. The van der Waals surface area contributed by atoms with Crippen LogP contribution in [0.25, 0.3) is 0 Å². The van der Waals surface area contributed by atoms with Crippen LogP contribution < -0.4 is 0 Å². The van der Waals surface area contributed by atoms with Crippen LogP contribution in [0.3, 0.4) is 0 Å². The van der Waals surface area contributed by atoms with Crippen LogP contribution in [0.1, 0.15) is 44.6 Å². The molecule has 0 saturated heterocycles. The fourth-order valence-corrected chi connectivity index (χ4v) is 1.78. The number of ketones is 1. The molecule has 0 saturated carbocycles. The molecule has 1 aromatic rings. The predicted molar refractivity (Wildman–Crippen MR) is 74.7 cm³/mol. The van der Waals surface area contributed by atoms with Crippen LogP contribution >= 0.6 is 0 Å². The zero-order valence-electron chi connectivity index (χ0n) is 12.4. The molecule has 1 rings (SSSR count). The van der Waals surface area contributed by atoms with E-state index in [0.29, 0.717) is 12.2 Å². The first-order chi connectivity index (χ1) is 8.77. The maximum atomic E-state index is 12.8. The van der Waals surface area contributed by atoms with Gasteiger partial charge in [0, 0.05) is 18.0 Å². The van der Waals surface area contributed by atoms with Crippen molar-refractivity contribution in [1.82, 2.24) is 9.88 Å². The molecule has 0 aliphatic heterocycles. The summed E-state index contributed by atoms with van der Waals surface area (Å²) in [5, 5.41) is 0. The summed E-state index contributed by atoms with van der Waals surface area (Å²) < 4.78 is 12.8. The van der Waals surface area contributed by atoms with Gasteiger partial charge in [-0.05, 0) is 39.4 Å². The maximum absolute atomic E-state index is 12.8. The molecule has 3 nitrogen and oxygen atoms in total. The predicted octanol–water partition coefficient (Wildman–Crippen LogP) is 3.16. The summed E-state index contributed by atoms with van der Waals surface area (Å²) in [5.74, 6) is -0.624. The largest absolute Gasteiger partial charge is 0.301 e. The summed E-state index contributed by atoms with van der Waals surface area (Å²) in [4.78, 5) is 18.2. The van der Waals surface area contributed by atoms with E-state index in [1.54, 1.807) is 0 Å². The molecular formula is C15H23FN2O. The Morgan fingerprint density at radius 3 is 2.58 bits per heavy atom. The summed E-state index contributed by atoms with van der Waals surface area (Å²) in [6.45, 7) is 8.99. The lowest BCUT2D eigenvalue weighted by molar-refractivity contribution is 0.0825. The Balaban J connectivity index is 2.70. The normalized spacial score (nSPS) is 13.6. The van der Waals surface area contributed by atoms with E-state index >= 15 is 0 Å². The third kappa shape index (κ3) is 4.10. The van der Waals surface area contributed by atoms with Gasteiger partial charge in [-0.3, -0.25) is 9.78 Å². The third-order valence-electron chi connectivity index (χ3n) is 3.87. The van der Waals surface area contributed by atoms with E-state index in [-0.39, 0.29) is 17.2 Å². The quantitative estimate of drug-likeness (QED) is 0.742.